The van der Waals surface area contributed by atoms with Crippen LogP contribution in [0.5, 0.6) is 0 Å². The van der Waals surface area contributed by atoms with E-state index in [0.717, 1.165) is 48.4 Å². The van der Waals surface area contributed by atoms with Crippen molar-refractivity contribution in [3.05, 3.63) is 66.2 Å². The number of imidazole rings is 1. The molecule has 0 radical (unpaired) electrons. The molecule has 6 nitrogen and oxygen atoms in total. The van der Waals surface area contributed by atoms with Crippen molar-refractivity contribution in [2.24, 2.45) is 5.92 Å². The van der Waals surface area contributed by atoms with Gasteiger partial charge in [0.25, 0.3) is 0 Å². The number of nitrogens with one attached hydrogen (secondary N) is 1. The zero-order chi connectivity index (χ0) is 20.5. The Bertz CT molecular complexity index is 1040. The van der Waals surface area contributed by atoms with Crippen molar-refractivity contribution in [3.8, 4) is 0 Å². The Labute approximate surface area is 177 Å². The van der Waals surface area contributed by atoms with E-state index in [2.05, 4.69) is 69.3 Å². The third-order valence-corrected chi connectivity index (χ3v) is 6.48. The highest BCUT2D eigenvalue weighted by molar-refractivity contribution is 5.79. The van der Waals surface area contributed by atoms with Gasteiger partial charge in [-0.1, -0.05) is 18.2 Å². The predicted octanol–water partition coefficient (Wildman–Crippen LogP) is 4.52. The van der Waals surface area contributed by atoms with Crippen LogP contribution in [0.1, 0.15) is 19.8 Å². The van der Waals surface area contributed by atoms with Crippen molar-refractivity contribution in [3.63, 3.8) is 0 Å². The van der Waals surface area contributed by atoms with Crippen LogP contribution in [0.2, 0.25) is 0 Å². The molecule has 0 saturated carbocycles. The summed E-state index contributed by atoms with van der Waals surface area (Å²) >= 11 is 0. The Morgan fingerprint density at radius 1 is 1.07 bits per heavy atom. The summed E-state index contributed by atoms with van der Waals surface area (Å²) in [5.41, 5.74) is 5.62. The lowest BCUT2D eigenvalue weighted by Crippen LogP contribution is -2.49. The molecule has 1 aromatic heterocycles. The van der Waals surface area contributed by atoms with Gasteiger partial charge in [0.1, 0.15) is 12.4 Å². The Hall–Kier alpha value is -2.99. The molecule has 3 heterocycles. The van der Waals surface area contributed by atoms with Crippen LogP contribution in [0.3, 0.4) is 0 Å². The second-order valence-corrected chi connectivity index (χ2v) is 8.12. The van der Waals surface area contributed by atoms with Crippen LogP contribution in [0.4, 0.5) is 11.4 Å². The molecule has 0 aliphatic carbocycles. The number of rotatable bonds is 4. The van der Waals surface area contributed by atoms with Gasteiger partial charge in [0, 0.05) is 18.8 Å². The number of fused-ring (bicyclic) bond motifs is 1. The number of H-pyrrole nitrogens is 1. The van der Waals surface area contributed by atoms with Gasteiger partial charge in [-0.25, -0.2) is 10.0 Å². The maximum absolute atomic E-state index is 6.24. The van der Waals surface area contributed by atoms with E-state index in [-0.39, 0.29) is 6.04 Å². The average Bonchev–Trinajstić information content (AvgIpc) is 3.27. The van der Waals surface area contributed by atoms with Crippen molar-refractivity contribution in [1.29, 1.82) is 0 Å². The maximum Gasteiger partial charge on any atom is 0.132 e. The van der Waals surface area contributed by atoms with Crippen LogP contribution in [0.25, 0.3) is 11.0 Å². The number of anilines is 2. The highest BCUT2D eigenvalue weighted by Crippen LogP contribution is 2.37. The molecule has 1 saturated heterocycles. The molecular weight excluding hydrogens is 376 g/mol. The quantitative estimate of drug-likeness (QED) is 0.693. The minimum absolute atomic E-state index is 0.159. The van der Waals surface area contributed by atoms with E-state index in [4.69, 9.17) is 9.57 Å². The number of hydrogen-bond donors (Lipinski definition) is 1. The maximum atomic E-state index is 6.24. The second kappa shape index (κ2) is 8.03. The van der Waals surface area contributed by atoms with Gasteiger partial charge in [-0.15, -0.1) is 0 Å². The fraction of sp³-hybridized carbons (Fsp3) is 0.375. The molecular formula is C24H28N4O2. The van der Waals surface area contributed by atoms with E-state index in [0.29, 0.717) is 12.5 Å². The molecule has 2 aliphatic rings. The first-order chi connectivity index (χ1) is 14.7. The Balaban J connectivity index is 1.42. The summed E-state index contributed by atoms with van der Waals surface area (Å²) in [6.45, 7) is 4.75. The summed E-state index contributed by atoms with van der Waals surface area (Å²) in [7, 11) is 1.74. The van der Waals surface area contributed by atoms with Gasteiger partial charge in [0.15, 0.2) is 0 Å². The topological polar surface area (TPSA) is 53.6 Å². The van der Waals surface area contributed by atoms with Crippen LogP contribution in [0, 0.1) is 5.92 Å². The number of benzene rings is 2. The van der Waals surface area contributed by atoms with Crippen LogP contribution in [-0.4, -0.2) is 42.8 Å². The first-order valence-corrected chi connectivity index (χ1v) is 10.6. The smallest absolute Gasteiger partial charge is 0.132 e. The molecule has 5 rings (SSSR count). The summed E-state index contributed by atoms with van der Waals surface area (Å²) in [4.78, 5) is 16.3. The fourth-order valence-electron chi connectivity index (χ4n) is 4.84. The molecule has 1 atom stereocenters. The van der Waals surface area contributed by atoms with Gasteiger partial charge in [-0.3, -0.25) is 4.84 Å². The average molecular weight is 405 g/mol. The van der Waals surface area contributed by atoms with Crippen molar-refractivity contribution >= 4 is 22.4 Å². The van der Waals surface area contributed by atoms with Gasteiger partial charge < -0.3 is 14.6 Å². The summed E-state index contributed by atoms with van der Waals surface area (Å²) in [5, 5.41) is 2.10. The minimum atomic E-state index is 0.159. The Kier molecular flexibility index (Phi) is 5.09. The molecule has 6 heteroatoms. The largest absolute Gasteiger partial charge is 0.499 e. The van der Waals surface area contributed by atoms with Gasteiger partial charge >= 0.3 is 0 Å². The number of aromatic nitrogens is 2. The molecule has 0 amide bonds. The minimum Gasteiger partial charge on any atom is -0.499 e. The van der Waals surface area contributed by atoms with Crippen LogP contribution in [-0.2, 0) is 9.57 Å². The van der Waals surface area contributed by atoms with E-state index < -0.39 is 0 Å². The number of nitrogens with zero attached hydrogens (tertiary/aromatic N) is 3. The molecule has 1 fully saturated rings. The first kappa shape index (κ1) is 19.0. The van der Waals surface area contributed by atoms with Crippen LogP contribution < -0.4 is 9.96 Å². The van der Waals surface area contributed by atoms with E-state index in [1.54, 1.807) is 13.4 Å². The molecule has 0 bridgehead atoms. The summed E-state index contributed by atoms with van der Waals surface area (Å²) < 4.78 is 5.66. The van der Waals surface area contributed by atoms with Gasteiger partial charge in [-0.05, 0) is 61.6 Å². The molecule has 1 unspecified atom stereocenters. The highest BCUT2D eigenvalue weighted by atomic mass is 16.7. The van der Waals surface area contributed by atoms with Crippen molar-refractivity contribution < 1.29 is 9.57 Å². The number of aromatic amines is 1. The first-order valence-electron chi connectivity index (χ1n) is 10.6. The zero-order valence-corrected chi connectivity index (χ0v) is 17.5. The van der Waals surface area contributed by atoms with Gasteiger partial charge in [-0.2, -0.15) is 0 Å². The van der Waals surface area contributed by atoms with Crippen molar-refractivity contribution in [2.75, 3.05) is 36.8 Å². The molecule has 0 spiro atoms. The number of para-hydroxylation sites is 1. The third kappa shape index (κ3) is 3.41. The SMILES string of the molecule is COC1=C(C)C(C2CCN(c3ccccc3)CC2)N(c2ccc3nc[nH]c3c2)OC1. The summed E-state index contributed by atoms with van der Waals surface area (Å²) in [5.74, 6) is 1.44. The normalized spacial score (nSPS) is 20.8. The third-order valence-electron chi connectivity index (χ3n) is 6.48. The zero-order valence-electron chi connectivity index (χ0n) is 17.5. The molecule has 3 aromatic rings. The number of hydrogen-bond acceptors (Lipinski definition) is 5. The lowest BCUT2D eigenvalue weighted by molar-refractivity contribution is 0.0445. The molecule has 2 aromatic carbocycles. The molecule has 30 heavy (non-hydrogen) atoms. The van der Waals surface area contributed by atoms with Crippen molar-refractivity contribution in [2.45, 2.75) is 25.8 Å². The van der Waals surface area contributed by atoms with Gasteiger partial charge in [0.2, 0.25) is 0 Å². The number of hydroxylamine groups is 1. The van der Waals surface area contributed by atoms with Crippen LogP contribution in [0.15, 0.2) is 66.2 Å². The van der Waals surface area contributed by atoms with E-state index in [9.17, 15) is 0 Å². The standard InChI is InChI=1S/C24H28N4O2/c1-17-23(29-2)15-30-28(20-8-9-21-22(14-20)26-16-25-21)24(17)18-10-12-27(13-11-18)19-6-4-3-5-7-19/h3-9,14,16,18,24H,10-13,15H2,1-2H3,(H,25,26). The Morgan fingerprint density at radius 3 is 2.63 bits per heavy atom. The Morgan fingerprint density at radius 2 is 1.87 bits per heavy atom. The van der Waals surface area contributed by atoms with Gasteiger partial charge in [0.05, 0.1) is 36.2 Å². The summed E-state index contributed by atoms with van der Waals surface area (Å²) in [6.07, 6.45) is 3.95. The molecule has 1 N–H and O–H groups in total. The lowest BCUT2D eigenvalue weighted by atomic mass is 9.84. The van der Waals surface area contributed by atoms with Crippen LogP contribution >= 0.6 is 0 Å². The number of ether oxygens (including phenoxy) is 1. The van der Waals surface area contributed by atoms with E-state index >= 15 is 0 Å². The highest BCUT2D eigenvalue weighted by Gasteiger charge is 2.37. The molecule has 156 valence electrons. The van der Waals surface area contributed by atoms with E-state index in [1.165, 1.54) is 11.3 Å². The second-order valence-electron chi connectivity index (χ2n) is 8.12. The lowest BCUT2D eigenvalue weighted by Gasteiger charge is -2.44. The van der Waals surface area contributed by atoms with Crippen molar-refractivity contribution in [1.82, 2.24) is 9.97 Å². The monoisotopic (exact) mass is 404 g/mol. The fourth-order valence-corrected chi connectivity index (χ4v) is 4.84. The predicted molar refractivity (Wildman–Crippen MR) is 119 cm³/mol. The number of piperidine rings is 1. The molecule has 2 aliphatic heterocycles. The number of methoxy groups -OCH3 is 1. The summed E-state index contributed by atoms with van der Waals surface area (Å²) in [6, 6.07) is 17.1. The van der Waals surface area contributed by atoms with E-state index in [1.807, 2.05) is 6.07 Å².